The molecule has 0 atom stereocenters. The summed E-state index contributed by atoms with van der Waals surface area (Å²) in [4.78, 5) is 18.6. The lowest BCUT2D eigenvalue weighted by Gasteiger charge is -2.24. The van der Waals surface area contributed by atoms with Gasteiger partial charge in [-0.05, 0) is 12.8 Å². The molecule has 1 N–H and O–H groups in total. The molecule has 0 unspecified atom stereocenters. The third-order valence-corrected chi connectivity index (χ3v) is 2.78. The van der Waals surface area contributed by atoms with E-state index < -0.39 is 23.3 Å². The molecule has 1 aliphatic rings. The van der Waals surface area contributed by atoms with E-state index in [1.54, 1.807) is 0 Å². The molecule has 0 aliphatic heterocycles. The summed E-state index contributed by atoms with van der Waals surface area (Å²) in [6.07, 6.45) is -2.42. The Morgan fingerprint density at radius 3 is 2.65 bits per heavy atom. The molecule has 1 aromatic rings. The fourth-order valence-corrected chi connectivity index (χ4v) is 1.78. The van der Waals surface area contributed by atoms with E-state index in [9.17, 15) is 23.3 Å². The molecule has 10 heteroatoms. The van der Waals surface area contributed by atoms with Gasteiger partial charge >= 0.3 is 11.9 Å². The smallest absolute Gasteiger partial charge is 0.357 e. The maximum absolute atomic E-state index is 12.6. The highest BCUT2D eigenvalue weighted by molar-refractivity contribution is 5.60. The first-order chi connectivity index (χ1) is 9.31. The molecule has 0 amide bonds. The van der Waals surface area contributed by atoms with Gasteiger partial charge in [0, 0.05) is 13.1 Å². The second-order valence-corrected chi connectivity index (χ2v) is 4.38. The average Bonchev–Trinajstić information content (AvgIpc) is 3.18. The van der Waals surface area contributed by atoms with Crippen LogP contribution in [0.3, 0.4) is 0 Å². The van der Waals surface area contributed by atoms with Gasteiger partial charge in [0.25, 0.3) is 0 Å². The maximum Gasteiger partial charge on any atom is 0.405 e. The molecule has 7 nitrogen and oxygen atoms in total. The summed E-state index contributed by atoms with van der Waals surface area (Å²) in [5.41, 5.74) is -0.528. The quantitative estimate of drug-likeness (QED) is 0.659. The van der Waals surface area contributed by atoms with Crippen molar-refractivity contribution in [2.75, 3.05) is 23.8 Å². The predicted molar refractivity (Wildman–Crippen MR) is 64.7 cm³/mol. The van der Waals surface area contributed by atoms with Crippen LogP contribution in [-0.2, 0) is 0 Å². The van der Waals surface area contributed by atoms with Crippen molar-refractivity contribution in [3.05, 3.63) is 16.3 Å². The van der Waals surface area contributed by atoms with E-state index >= 15 is 0 Å². The SMILES string of the molecule is CNc1ncc([N+](=O)[O-])c(N(CC(F)(F)F)C2CC2)n1. The molecule has 1 heterocycles. The first-order valence-corrected chi connectivity index (χ1v) is 5.84. The molecule has 0 spiro atoms. The van der Waals surface area contributed by atoms with Gasteiger partial charge in [-0.15, -0.1) is 0 Å². The van der Waals surface area contributed by atoms with E-state index in [1.807, 2.05) is 0 Å². The summed E-state index contributed by atoms with van der Waals surface area (Å²) in [6.45, 7) is -1.27. The van der Waals surface area contributed by atoms with Crippen molar-refractivity contribution in [2.45, 2.75) is 25.1 Å². The van der Waals surface area contributed by atoms with Crippen LogP contribution in [0, 0.1) is 10.1 Å². The van der Waals surface area contributed by atoms with E-state index in [1.165, 1.54) is 7.05 Å². The molecule has 0 bridgehead atoms. The molecule has 2 rings (SSSR count). The molecule has 1 saturated carbocycles. The Balaban J connectivity index is 2.42. The molecule has 1 aromatic heterocycles. The van der Waals surface area contributed by atoms with E-state index in [0.29, 0.717) is 12.8 Å². The van der Waals surface area contributed by atoms with Crippen LogP contribution < -0.4 is 10.2 Å². The second kappa shape index (κ2) is 5.10. The van der Waals surface area contributed by atoms with Crippen molar-refractivity contribution in [1.82, 2.24) is 9.97 Å². The average molecular weight is 291 g/mol. The summed E-state index contributed by atoms with van der Waals surface area (Å²) < 4.78 is 37.9. The number of nitro groups is 1. The standard InChI is InChI=1S/C10H12F3N5O2/c1-14-9-15-4-7(18(19)20)8(16-9)17(6-2-3-6)5-10(11,12)13/h4,6H,2-3,5H2,1H3,(H,14,15,16). The minimum absolute atomic E-state index is 0.0402. The predicted octanol–water partition coefficient (Wildman–Crippen LogP) is 1.96. The highest BCUT2D eigenvalue weighted by Gasteiger charge is 2.41. The monoisotopic (exact) mass is 291 g/mol. The molecule has 0 radical (unpaired) electrons. The Morgan fingerprint density at radius 2 is 2.20 bits per heavy atom. The van der Waals surface area contributed by atoms with E-state index in [-0.39, 0.29) is 17.8 Å². The second-order valence-electron chi connectivity index (χ2n) is 4.38. The molecule has 1 aliphatic carbocycles. The topological polar surface area (TPSA) is 84.2 Å². The molecule has 110 valence electrons. The van der Waals surface area contributed by atoms with Gasteiger partial charge in [-0.2, -0.15) is 18.2 Å². The Morgan fingerprint density at radius 1 is 1.55 bits per heavy atom. The summed E-state index contributed by atoms with van der Waals surface area (Å²) in [5, 5.41) is 13.5. The van der Waals surface area contributed by atoms with Crippen LogP contribution in [-0.4, -0.2) is 40.7 Å². The van der Waals surface area contributed by atoms with Gasteiger partial charge in [0.05, 0.1) is 4.92 Å². The summed E-state index contributed by atoms with van der Waals surface area (Å²) >= 11 is 0. The van der Waals surface area contributed by atoms with Crippen molar-refractivity contribution in [2.24, 2.45) is 0 Å². The van der Waals surface area contributed by atoms with Gasteiger partial charge in [-0.1, -0.05) is 0 Å². The molecule has 20 heavy (non-hydrogen) atoms. The van der Waals surface area contributed by atoms with Crippen molar-refractivity contribution < 1.29 is 18.1 Å². The fraction of sp³-hybridized carbons (Fsp3) is 0.600. The van der Waals surface area contributed by atoms with E-state index in [4.69, 9.17) is 0 Å². The third kappa shape index (κ3) is 3.25. The van der Waals surface area contributed by atoms with Crippen LogP contribution in [0.25, 0.3) is 0 Å². The van der Waals surface area contributed by atoms with Crippen molar-refractivity contribution in [1.29, 1.82) is 0 Å². The summed E-state index contributed by atoms with van der Waals surface area (Å²) in [7, 11) is 1.48. The number of anilines is 2. The zero-order valence-electron chi connectivity index (χ0n) is 10.5. The van der Waals surface area contributed by atoms with Crippen LogP contribution in [0.15, 0.2) is 6.20 Å². The molecule has 1 fully saturated rings. The van der Waals surface area contributed by atoms with Crippen LogP contribution in [0.4, 0.5) is 30.6 Å². The first kappa shape index (κ1) is 14.3. The van der Waals surface area contributed by atoms with Gasteiger partial charge in [-0.3, -0.25) is 10.1 Å². The molecule has 0 aromatic carbocycles. The number of nitrogens with zero attached hydrogens (tertiary/aromatic N) is 4. The number of hydrogen-bond acceptors (Lipinski definition) is 6. The number of aromatic nitrogens is 2. The van der Waals surface area contributed by atoms with Crippen molar-refractivity contribution >= 4 is 17.5 Å². The summed E-state index contributed by atoms with van der Waals surface area (Å²) in [6, 6.07) is -0.366. The van der Waals surface area contributed by atoms with E-state index in [0.717, 1.165) is 11.1 Å². The zero-order chi connectivity index (χ0) is 14.9. The molecular formula is C10H12F3N5O2. The highest BCUT2D eigenvalue weighted by Crippen LogP contribution is 2.37. The fourth-order valence-electron chi connectivity index (χ4n) is 1.78. The van der Waals surface area contributed by atoms with Crippen LogP contribution in [0.1, 0.15) is 12.8 Å². The van der Waals surface area contributed by atoms with Crippen LogP contribution in [0.5, 0.6) is 0 Å². The number of halogens is 3. The minimum Gasteiger partial charge on any atom is -0.357 e. The lowest BCUT2D eigenvalue weighted by atomic mass is 10.3. The minimum atomic E-state index is -4.46. The number of alkyl halides is 3. The normalized spacial score (nSPS) is 15.0. The van der Waals surface area contributed by atoms with Crippen LogP contribution >= 0.6 is 0 Å². The van der Waals surface area contributed by atoms with Crippen molar-refractivity contribution in [3.63, 3.8) is 0 Å². The first-order valence-electron chi connectivity index (χ1n) is 5.84. The van der Waals surface area contributed by atoms with Crippen molar-refractivity contribution in [3.8, 4) is 0 Å². The highest BCUT2D eigenvalue weighted by atomic mass is 19.4. The number of hydrogen-bond donors (Lipinski definition) is 1. The Labute approximate surface area is 112 Å². The molecular weight excluding hydrogens is 279 g/mol. The number of nitrogens with one attached hydrogen (secondary N) is 1. The third-order valence-electron chi connectivity index (χ3n) is 2.78. The molecule has 0 saturated heterocycles. The van der Waals surface area contributed by atoms with Gasteiger partial charge in [0.1, 0.15) is 12.7 Å². The largest absolute Gasteiger partial charge is 0.405 e. The Bertz CT molecular complexity index is 518. The van der Waals surface area contributed by atoms with E-state index in [2.05, 4.69) is 15.3 Å². The Hall–Kier alpha value is -2.13. The van der Waals surface area contributed by atoms with Gasteiger partial charge in [-0.25, -0.2) is 4.98 Å². The lowest BCUT2D eigenvalue weighted by Crippen LogP contribution is -2.37. The Kier molecular flexibility index (Phi) is 3.64. The van der Waals surface area contributed by atoms with Gasteiger partial charge < -0.3 is 10.2 Å². The zero-order valence-corrected chi connectivity index (χ0v) is 10.5. The van der Waals surface area contributed by atoms with Gasteiger partial charge in [0.15, 0.2) is 0 Å². The summed E-state index contributed by atoms with van der Waals surface area (Å²) in [5.74, 6) is -0.257. The lowest BCUT2D eigenvalue weighted by molar-refractivity contribution is -0.384. The van der Waals surface area contributed by atoms with Crippen LogP contribution in [0.2, 0.25) is 0 Å². The van der Waals surface area contributed by atoms with Gasteiger partial charge in [0.2, 0.25) is 11.8 Å². The number of rotatable bonds is 5. The maximum atomic E-state index is 12.6.